The van der Waals surface area contributed by atoms with Crippen LogP contribution in [-0.2, 0) is 0 Å². The summed E-state index contributed by atoms with van der Waals surface area (Å²) in [5.41, 5.74) is 1.65. The summed E-state index contributed by atoms with van der Waals surface area (Å²) in [5.74, 6) is 0.944. The van der Waals surface area contributed by atoms with Crippen LogP contribution in [0.1, 0.15) is 34.6 Å². The molecular formula is C26H20ClNO5. The average molecular weight is 462 g/mol. The number of ether oxygens (including phenoxy) is 2. The number of nitrogens with zero attached hydrogens (tertiary/aromatic N) is 1. The largest absolute Gasteiger partial charge is 0.497 e. The number of fused-ring (bicyclic) bond motifs is 2. The Morgan fingerprint density at radius 3 is 2.52 bits per heavy atom. The van der Waals surface area contributed by atoms with Gasteiger partial charge in [0.25, 0.3) is 5.91 Å². The van der Waals surface area contributed by atoms with E-state index >= 15 is 0 Å². The molecule has 4 aromatic rings. The van der Waals surface area contributed by atoms with Gasteiger partial charge in [-0.1, -0.05) is 23.7 Å². The predicted octanol–water partition coefficient (Wildman–Crippen LogP) is 5.60. The Morgan fingerprint density at radius 2 is 1.79 bits per heavy atom. The smallest absolute Gasteiger partial charge is 0.295 e. The third-order valence-corrected chi connectivity index (χ3v) is 5.90. The van der Waals surface area contributed by atoms with Crippen LogP contribution in [0, 0.1) is 0 Å². The van der Waals surface area contributed by atoms with E-state index in [0.29, 0.717) is 39.8 Å². The van der Waals surface area contributed by atoms with Crippen molar-refractivity contribution in [1.29, 1.82) is 0 Å². The zero-order valence-electron chi connectivity index (χ0n) is 18.0. The maximum absolute atomic E-state index is 13.6. The second-order valence-electron chi connectivity index (χ2n) is 7.60. The number of anilines is 1. The van der Waals surface area contributed by atoms with Crippen LogP contribution in [0.3, 0.4) is 0 Å². The molecule has 0 spiro atoms. The minimum absolute atomic E-state index is 0.0254. The second-order valence-corrected chi connectivity index (χ2v) is 8.03. The van der Waals surface area contributed by atoms with E-state index in [4.69, 9.17) is 25.5 Å². The summed E-state index contributed by atoms with van der Waals surface area (Å²) in [5, 5.41) is 0.748. The van der Waals surface area contributed by atoms with Gasteiger partial charge in [0.2, 0.25) is 5.76 Å². The highest BCUT2D eigenvalue weighted by molar-refractivity contribution is 6.31. The molecule has 1 amide bonds. The minimum atomic E-state index is -0.694. The van der Waals surface area contributed by atoms with Crippen LogP contribution in [0.25, 0.3) is 11.0 Å². The molecule has 166 valence electrons. The van der Waals surface area contributed by atoms with E-state index < -0.39 is 11.9 Å². The summed E-state index contributed by atoms with van der Waals surface area (Å²) in [4.78, 5) is 28.8. The number of halogens is 1. The fourth-order valence-corrected chi connectivity index (χ4v) is 4.38. The molecule has 0 N–H and O–H groups in total. The first-order valence-corrected chi connectivity index (χ1v) is 10.9. The highest BCUT2D eigenvalue weighted by atomic mass is 35.5. The van der Waals surface area contributed by atoms with Gasteiger partial charge in [-0.3, -0.25) is 14.5 Å². The number of methoxy groups -OCH3 is 1. The SMILES string of the molecule is CCOc1cccc(C2c3c(oc4ccc(Cl)cc4c3=O)C(=O)N2c2ccc(OC)cc2)c1. The van der Waals surface area contributed by atoms with Crippen LogP contribution >= 0.6 is 11.6 Å². The van der Waals surface area contributed by atoms with E-state index in [1.54, 1.807) is 54.5 Å². The quantitative estimate of drug-likeness (QED) is 0.386. The van der Waals surface area contributed by atoms with Crippen LogP contribution in [0.2, 0.25) is 5.02 Å². The number of hydrogen-bond donors (Lipinski definition) is 0. The van der Waals surface area contributed by atoms with Gasteiger partial charge in [-0.25, -0.2) is 0 Å². The summed E-state index contributed by atoms with van der Waals surface area (Å²) in [6, 6.07) is 18.6. The maximum atomic E-state index is 13.6. The maximum Gasteiger partial charge on any atom is 0.295 e. The topological polar surface area (TPSA) is 69.0 Å². The molecular weight excluding hydrogens is 442 g/mol. The van der Waals surface area contributed by atoms with Crippen molar-refractivity contribution in [3.63, 3.8) is 0 Å². The highest BCUT2D eigenvalue weighted by Gasteiger charge is 2.43. The number of carbonyl (C=O) groups excluding carboxylic acids is 1. The van der Waals surface area contributed by atoms with Crippen LogP contribution in [0.4, 0.5) is 5.69 Å². The first-order valence-electron chi connectivity index (χ1n) is 10.5. The molecule has 1 atom stereocenters. The van der Waals surface area contributed by atoms with Gasteiger partial charge in [0, 0.05) is 10.7 Å². The molecule has 7 heteroatoms. The number of rotatable bonds is 5. The van der Waals surface area contributed by atoms with Gasteiger partial charge < -0.3 is 13.9 Å². The number of hydrogen-bond acceptors (Lipinski definition) is 5. The molecule has 1 aliphatic rings. The normalized spacial score (nSPS) is 15.1. The molecule has 0 bridgehead atoms. The Morgan fingerprint density at radius 1 is 1.00 bits per heavy atom. The zero-order chi connectivity index (χ0) is 23.1. The molecule has 3 aromatic carbocycles. The third-order valence-electron chi connectivity index (χ3n) is 5.67. The van der Waals surface area contributed by atoms with Gasteiger partial charge in [0.15, 0.2) is 5.43 Å². The van der Waals surface area contributed by atoms with Crippen LogP contribution in [0.15, 0.2) is 75.9 Å². The van der Waals surface area contributed by atoms with Gasteiger partial charge in [-0.05, 0) is 67.1 Å². The molecule has 6 nitrogen and oxygen atoms in total. The van der Waals surface area contributed by atoms with Gasteiger partial charge in [-0.15, -0.1) is 0 Å². The van der Waals surface area contributed by atoms with Crippen molar-refractivity contribution in [1.82, 2.24) is 0 Å². The lowest BCUT2D eigenvalue weighted by Crippen LogP contribution is -2.29. The monoisotopic (exact) mass is 461 g/mol. The van der Waals surface area contributed by atoms with Gasteiger partial charge in [0.05, 0.1) is 30.7 Å². The van der Waals surface area contributed by atoms with E-state index in [-0.39, 0.29) is 16.8 Å². The standard InChI is InChI=1S/C26H20ClNO5/c1-3-32-19-6-4-5-15(13-19)23-22-24(29)20-14-16(27)7-12-21(20)33-25(22)26(30)28(23)17-8-10-18(31-2)11-9-17/h4-14,23H,3H2,1-2H3. The fourth-order valence-electron chi connectivity index (χ4n) is 4.21. The number of amides is 1. The van der Waals surface area contributed by atoms with Crippen LogP contribution < -0.4 is 19.8 Å². The van der Waals surface area contributed by atoms with Crippen molar-refractivity contribution in [3.8, 4) is 11.5 Å². The first-order chi connectivity index (χ1) is 16.0. The van der Waals surface area contributed by atoms with E-state index in [2.05, 4.69) is 0 Å². The van der Waals surface area contributed by atoms with E-state index in [1.807, 2.05) is 31.2 Å². The lowest BCUT2D eigenvalue weighted by molar-refractivity contribution is 0.0971. The summed E-state index contributed by atoms with van der Waals surface area (Å²) in [6.07, 6.45) is 0. The van der Waals surface area contributed by atoms with Gasteiger partial charge in [0.1, 0.15) is 17.1 Å². The Labute approximate surface area is 194 Å². The molecule has 2 heterocycles. The summed E-state index contributed by atoms with van der Waals surface area (Å²) in [6.45, 7) is 2.40. The molecule has 0 fully saturated rings. The third kappa shape index (κ3) is 3.52. The van der Waals surface area contributed by atoms with Crippen molar-refractivity contribution in [3.05, 3.63) is 98.9 Å². The Hall–Kier alpha value is -3.77. The van der Waals surface area contributed by atoms with Crippen LogP contribution in [-0.4, -0.2) is 19.6 Å². The van der Waals surface area contributed by atoms with Crippen molar-refractivity contribution >= 4 is 34.2 Å². The molecule has 0 aliphatic carbocycles. The Bertz CT molecular complexity index is 1430. The fraction of sp³-hybridized carbons (Fsp3) is 0.154. The second kappa shape index (κ2) is 8.30. The summed E-state index contributed by atoms with van der Waals surface area (Å²) < 4.78 is 16.9. The lowest BCUT2D eigenvalue weighted by atomic mass is 9.98. The molecule has 0 saturated carbocycles. The zero-order valence-corrected chi connectivity index (χ0v) is 18.8. The molecule has 0 saturated heterocycles. The van der Waals surface area contributed by atoms with Crippen molar-refractivity contribution in [2.75, 3.05) is 18.6 Å². The van der Waals surface area contributed by atoms with Crippen molar-refractivity contribution in [2.24, 2.45) is 0 Å². The molecule has 1 aliphatic heterocycles. The minimum Gasteiger partial charge on any atom is -0.497 e. The highest BCUT2D eigenvalue weighted by Crippen LogP contribution is 2.42. The summed E-state index contributed by atoms with van der Waals surface area (Å²) in [7, 11) is 1.58. The first kappa shape index (κ1) is 21.1. The van der Waals surface area contributed by atoms with Crippen LogP contribution in [0.5, 0.6) is 11.5 Å². The Balaban J connectivity index is 1.77. The number of benzene rings is 3. The Kier molecular flexibility index (Phi) is 5.30. The molecule has 33 heavy (non-hydrogen) atoms. The predicted molar refractivity (Wildman–Crippen MR) is 127 cm³/mol. The van der Waals surface area contributed by atoms with E-state index in [9.17, 15) is 9.59 Å². The van der Waals surface area contributed by atoms with Crippen molar-refractivity contribution in [2.45, 2.75) is 13.0 Å². The average Bonchev–Trinajstić information content (AvgIpc) is 3.12. The molecule has 5 rings (SSSR count). The van der Waals surface area contributed by atoms with E-state index in [0.717, 1.165) is 5.56 Å². The van der Waals surface area contributed by atoms with E-state index in [1.165, 1.54) is 0 Å². The molecule has 1 unspecified atom stereocenters. The molecule has 0 radical (unpaired) electrons. The molecule has 1 aromatic heterocycles. The van der Waals surface area contributed by atoms with Crippen molar-refractivity contribution < 1.29 is 18.7 Å². The lowest BCUT2D eigenvalue weighted by Gasteiger charge is -2.25. The number of carbonyl (C=O) groups is 1. The van der Waals surface area contributed by atoms with Gasteiger partial charge >= 0.3 is 0 Å². The summed E-state index contributed by atoms with van der Waals surface area (Å²) >= 11 is 6.15. The van der Waals surface area contributed by atoms with Gasteiger partial charge in [-0.2, -0.15) is 0 Å².